The van der Waals surface area contributed by atoms with Gasteiger partial charge in [-0.2, -0.15) is 13.2 Å². The number of amides is 1. The van der Waals surface area contributed by atoms with Crippen molar-refractivity contribution in [1.82, 2.24) is 14.9 Å². The van der Waals surface area contributed by atoms with Gasteiger partial charge >= 0.3 is 6.18 Å². The molecule has 0 aliphatic carbocycles. The van der Waals surface area contributed by atoms with E-state index >= 15 is 0 Å². The van der Waals surface area contributed by atoms with E-state index in [1.165, 1.54) is 6.20 Å². The molecule has 1 aliphatic heterocycles. The number of fused-ring (bicyclic) bond motifs is 1. The molecular weight excluding hydrogens is 295 g/mol. The zero-order chi connectivity index (χ0) is 15.7. The quantitative estimate of drug-likeness (QED) is 0.813. The summed E-state index contributed by atoms with van der Waals surface area (Å²) >= 11 is 0. The van der Waals surface area contributed by atoms with Crippen LogP contribution in [0, 0.1) is 0 Å². The van der Waals surface area contributed by atoms with Crippen molar-refractivity contribution in [1.29, 1.82) is 0 Å². The van der Waals surface area contributed by atoms with Gasteiger partial charge in [-0.25, -0.2) is 4.98 Å². The van der Waals surface area contributed by atoms with Crippen molar-refractivity contribution < 1.29 is 18.0 Å². The predicted octanol–water partition coefficient (Wildman–Crippen LogP) is 3.19. The summed E-state index contributed by atoms with van der Waals surface area (Å²) in [7, 11) is 0. The van der Waals surface area contributed by atoms with Crippen LogP contribution in [-0.2, 0) is 0 Å². The van der Waals surface area contributed by atoms with Crippen LogP contribution in [0.5, 0.6) is 0 Å². The number of hydrogen-bond acceptors (Lipinski definition) is 3. The van der Waals surface area contributed by atoms with Crippen molar-refractivity contribution in [3.05, 3.63) is 36.2 Å². The van der Waals surface area contributed by atoms with Gasteiger partial charge in [0.15, 0.2) is 0 Å². The van der Waals surface area contributed by atoms with Crippen LogP contribution < -0.4 is 0 Å². The van der Waals surface area contributed by atoms with E-state index in [9.17, 15) is 18.0 Å². The largest absolute Gasteiger partial charge is 0.408 e. The van der Waals surface area contributed by atoms with Gasteiger partial charge in [-0.3, -0.25) is 9.78 Å². The number of para-hydroxylation sites is 2. The summed E-state index contributed by atoms with van der Waals surface area (Å²) in [5.41, 5.74) is 1.05. The van der Waals surface area contributed by atoms with Crippen LogP contribution in [-0.4, -0.2) is 39.5 Å². The zero-order valence-electron chi connectivity index (χ0n) is 11.7. The Morgan fingerprint density at radius 3 is 2.64 bits per heavy atom. The molecule has 0 N–H and O–H groups in total. The number of halogens is 3. The fourth-order valence-corrected chi connectivity index (χ4v) is 2.72. The molecule has 0 saturated carbocycles. The van der Waals surface area contributed by atoms with Crippen molar-refractivity contribution in [3.8, 4) is 0 Å². The first-order valence-corrected chi connectivity index (χ1v) is 7.06. The van der Waals surface area contributed by atoms with Crippen LogP contribution in [0.3, 0.4) is 0 Å². The number of rotatable bonds is 1. The first kappa shape index (κ1) is 14.7. The molecule has 1 saturated heterocycles. The second-order valence-corrected chi connectivity index (χ2v) is 5.30. The maximum absolute atomic E-state index is 13.1. The maximum Gasteiger partial charge on any atom is 0.408 e. The summed E-state index contributed by atoms with van der Waals surface area (Å²) in [5, 5.41) is 0. The molecule has 1 fully saturated rings. The van der Waals surface area contributed by atoms with Crippen molar-refractivity contribution in [2.24, 2.45) is 0 Å². The highest BCUT2D eigenvalue weighted by atomic mass is 19.4. The van der Waals surface area contributed by atoms with Crippen molar-refractivity contribution in [3.63, 3.8) is 0 Å². The minimum Gasteiger partial charge on any atom is -0.325 e. The average Bonchev–Trinajstić information content (AvgIpc) is 2.53. The molecule has 1 aliphatic rings. The Morgan fingerprint density at radius 2 is 1.91 bits per heavy atom. The van der Waals surface area contributed by atoms with Gasteiger partial charge in [0.25, 0.3) is 5.91 Å². The number of nitrogens with zero attached hydrogens (tertiary/aromatic N) is 3. The number of benzene rings is 1. The topological polar surface area (TPSA) is 46.1 Å². The Bertz CT molecular complexity index is 702. The summed E-state index contributed by atoms with van der Waals surface area (Å²) in [4.78, 5) is 21.5. The molecule has 3 rings (SSSR count). The van der Waals surface area contributed by atoms with Crippen molar-refractivity contribution in [2.45, 2.75) is 31.5 Å². The highest BCUT2D eigenvalue weighted by Gasteiger charge is 2.46. The third-order valence-electron chi connectivity index (χ3n) is 3.81. The molecule has 1 aromatic carbocycles. The van der Waals surface area contributed by atoms with Gasteiger partial charge in [0.1, 0.15) is 11.7 Å². The van der Waals surface area contributed by atoms with E-state index in [1.54, 1.807) is 24.3 Å². The summed E-state index contributed by atoms with van der Waals surface area (Å²) in [5.74, 6) is -0.708. The summed E-state index contributed by atoms with van der Waals surface area (Å²) < 4.78 is 39.3. The molecule has 0 spiro atoms. The monoisotopic (exact) mass is 309 g/mol. The second kappa shape index (κ2) is 5.55. The minimum absolute atomic E-state index is 0.0464. The van der Waals surface area contributed by atoms with Gasteiger partial charge in [-0.1, -0.05) is 12.1 Å². The molecule has 1 aromatic heterocycles. The maximum atomic E-state index is 13.1. The number of likely N-dealkylation sites (tertiary alicyclic amines) is 1. The molecule has 1 unspecified atom stereocenters. The predicted molar refractivity (Wildman–Crippen MR) is 74.3 cm³/mol. The number of hydrogen-bond donors (Lipinski definition) is 0. The van der Waals surface area contributed by atoms with E-state index in [-0.39, 0.29) is 18.7 Å². The second-order valence-electron chi connectivity index (χ2n) is 5.30. The lowest BCUT2D eigenvalue weighted by molar-refractivity contribution is -0.183. The highest BCUT2D eigenvalue weighted by molar-refractivity contribution is 5.94. The lowest BCUT2D eigenvalue weighted by Gasteiger charge is -2.36. The third kappa shape index (κ3) is 2.75. The van der Waals surface area contributed by atoms with Gasteiger partial charge in [-0.15, -0.1) is 0 Å². The van der Waals surface area contributed by atoms with Crippen LogP contribution >= 0.6 is 0 Å². The van der Waals surface area contributed by atoms with Crippen LogP contribution in [0.25, 0.3) is 11.0 Å². The average molecular weight is 309 g/mol. The number of alkyl halides is 3. The van der Waals surface area contributed by atoms with Crippen LogP contribution in [0.4, 0.5) is 13.2 Å². The summed E-state index contributed by atoms with van der Waals surface area (Å²) in [6, 6.07) is 5.20. The molecule has 0 bridgehead atoms. The standard InChI is InChI=1S/C15H14F3N3O/c16-15(17,18)13-7-3-4-8-21(13)14(22)12-9-19-10-5-1-2-6-11(10)20-12/h1-2,5-6,9,13H,3-4,7-8H2. The molecule has 22 heavy (non-hydrogen) atoms. The molecule has 1 amide bonds. The van der Waals surface area contributed by atoms with Crippen LogP contribution in [0.15, 0.2) is 30.5 Å². The lowest BCUT2D eigenvalue weighted by Crippen LogP contribution is -2.51. The molecule has 1 atom stereocenters. The number of carbonyl (C=O) groups excluding carboxylic acids is 1. The Kier molecular flexibility index (Phi) is 3.72. The first-order valence-electron chi connectivity index (χ1n) is 7.06. The lowest BCUT2D eigenvalue weighted by atomic mass is 10.0. The third-order valence-corrected chi connectivity index (χ3v) is 3.81. The van der Waals surface area contributed by atoms with Crippen LogP contribution in [0.2, 0.25) is 0 Å². The normalized spacial score (nSPS) is 19.4. The molecule has 2 heterocycles. The van der Waals surface area contributed by atoms with Gasteiger partial charge in [0.05, 0.1) is 17.2 Å². The zero-order valence-corrected chi connectivity index (χ0v) is 11.7. The summed E-state index contributed by atoms with van der Waals surface area (Å²) in [6.45, 7) is 0.0948. The molecular formula is C15H14F3N3O. The number of piperidine rings is 1. The van der Waals surface area contributed by atoms with Gasteiger partial charge < -0.3 is 4.90 Å². The van der Waals surface area contributed by atoms with E-state index in [0.29, 0.717) is 23.9 Å². The fourth-order valence-electron chi connectivity index (χ4n) is 2.72. The molecule has 4 nitrogen and oxygen atoms in total. The highest BCUT2D eigenvalue weighted by Crippen LogP contribution is 2.32. The molecule has 116 valence electrons. The Hall–Kier alpha value is -2.18. The smallest absolute Gasteiger partial charge is 0.325 e. The first-order chi connectivity index (χ1) is 10.5. The number of carbonyl (C=O) groups is 1. The SMILES string of the molecule is O=C(c1cnc2ccccc2n1)N1CCCCC1C(F)(F)F. The minimum atomic E-state index is -4.42. The van der Waals surface area contributed by atoms with Gasteiger partial charge in [-0.05, 0) is 31.4 Å². The van der Waals surface area contributed by atoms with E-state index in [2.05, 4.69) is 9.97 Å². The molecule has 0 radical (unpaired) electrons. The van der Waals surface area contributed by atoms with E-state index in [0.717, 1.165) is 4.90 Å². The van der Waals surface area contributed by atoms with Crippen molar-refractivity contribution in [2.75, 3.05) is 6.54 Å². The van der Waals surface area contributed by atoms with E-state index < -0.39 is 18.1 Å². The van der Waals surface area contributed by atoms with Crippen LogP contribution in [0.1, 0.15) is 29.8 Å². The van der Waals surface area contributed by atoms with Crippen molar-refractivity contribution >= 4 is 16.9 Å². The Morgan fingerprint density at radius 1 is 1.18 bits per heavy atom. The molecule has 2 aromatic rings. The summed E-state index contributed by atoms with van der Waals surface area (Å²) in [6.07, 6.45) is -2.19. The van der Waals surface area contributed by atoms with Gasteiger partial charge in [0.2, 0.25) is 0 Å². The van der Waals surface area contributed by atoms with Gasteiger partial charge in [0, 0.05) is 6.54 Å². The Labute approximate surface area is 125 Å². The van der Waals surface area contributed by atoms with E-state index in [1.807, 2.05) is 0 Å². The van der Waals surface area contributed by atoms with E-state index in [4.69, 9.17) is 0 Å². The Balaban J connectivity index is 1.93. The number of aromatic nitrogens is 2. The fraction of sp³-hybridized carbons (Fsp3) is 0.400. The molecule has 7 heteroatoms.